The van der Waals surface area contributed by atoms with E-state index in [2.05, 4.69) is 29.5 Å². The number of carbonyl (C=O) groups is 1. The van der Waals surface area contributed by atoms with Crippen molar-refractivity contribution in [2.45, 2.75) is 26.7 Å². The van der Waals surface area contributed by atoms with Crippen LogP contribution >= 0.6 is 0 Å². The van der Waals surface area contributed by atoms with E-state index >= 15 is 0 Å². The first-order chi connectivity index (χ1) is 9.09. The molecule has 1 atom stereocenters. The van der Waals surface area contributed by atoms with Gasteiger partial charge in [0.25, 0.3) is 5.91 Å². The fourth-order valence-electron chi connectivity index (χ4n) is 2.04. The van der Waals surface area contributed by atoms with Crippen molar-refractivity contribution in [1.29, 1.82) is 0 Å². The van der Waals surface area contributed by atoms with Gasteiger partial charge in [-0.1, -0.05) is 42.4 Å². The van der Waals surface area contributed by atoms with E-state index in [1.807, 2.05) is 18.2 Å². The highest BCUT2D eigenvalue weighted by atomic mass is 16.5. The van der Waals surface area contributed by atoms with Crippen LogP contribution in [0.2, 0.25) is 0 Å². The molecule has 100 valence electrons. The van der Waals surface area contributed by atoms with Crippen molar-refractivity contribution in [3.05, 3.63) is 52.9 Å². The van der Waals surface area contributed by atoms with Crippen LogP contribution in [0.1, 0.15) is 40.2 Å². The largest absolute Gasteiger partial charge is 0.361 e. The summed E-state index contributed by atoms with van der Waals surface area (Å²) in [5.74, 6) is 0.701. The predicted octanol–water partition coefficient (Wildman–Crippen LogP) is 2.82. The Hall–Kier alpha value is -2.10. The summed E-state index contributed by atoms with van der Waals surface area (Å²) in [6.07, 6.45) is 0. The summed E-state index contributed by atoms with van der Waals surface area (Å²) < 4.78 is 5.00. The Kier molecular flexibility index (Phi) is 4.00. The van der Waals surface area contributed by atoms with E-state index in [-0.39, 0.29) is 11.8 Å². The van der Waals surface area contributed by atoms with E-state index in [4.69, 9.17) is 4.52 Å². The van der Waals surface area contributed by atoms with Crippen LogP contribution in [0.3, 0.4) is 0 Å². The number of nitrogens with zero attached hydrogens (tertiary/aromatic N) is 1. The molecule has 0 aliphatic rings. The Morgan fingerprint density at radius 1 is 1.32 bits per heavy atom. The first kappa shape index (κ1) is 13.3. The maximum Gasteiger partial charge on any atom is 0.256 e. The third-order valence-electron chi connectivity index (χ3n) is 3.20. The highest BCUT2D eigenvalue weighted by Gasteiger charge is 2.17. The first-order valence-electron chi connectivity index (χ1n) is 6.35. The monoisotopic (exact) mass is 258 g/mol. The van der Waals surface area contributed by atoms with Crippen molar-refractivity contribution in [2.75, 3.05) is 6.54 Å². The molecule has 0 fully saturated rings. The second kappa shape index (κ2) is 5.69. The molecule has 0 radical (unpaired) electrons. The summed E-state index contributed by atoms with van der Waals surface area (Å²) in [5.41, 5.74) is 2.38. The Bertz CT molecular complexity index is 541. The van der Waals surface area contributed by atoms with Crippen molar-refractivity contribution in [3.63, 3.8) is 0 Å². The Morgan fingerprint density at radius 2 is 2.00 bits per heavy atom. The lowest BCUT2D eigenvalue weighted by Gasteiger charge is -2.12. The van der Waals surface area contributed by atoms with Gasteiger partial charge in [0.05, 0.1) is 5.69 Å². The SMILES string of the molecule is Cc1noc(C)c1C(=O)NC[C@H](C)c1ccccc1. The zero-order chi connectivity index (χ0) is 13.8. The lowest BCUT2D eigenvalue weighted by atomic mass is 10.0. The summed E-state index contributed by atoms with van der Waals surface area (Å²) in [7, 11) is 0. The molecule has 19 heavy (non-hydrogen) atoms. The number of hydrogen-bond donors (Lipinski definition) is 1. The van der Waals surface area contributed by atoms with E-state index in [0.29, 0.717) is 23.6 Å². The normalized spacial score (nSPS) is 12.2. The zero-order valence-corrected chi connectivity index (χ0v) is 11.4. The van der Waals surface area contributed by atoms with Gasteiger partial charge in [-0.15, -0.1) is 0 Å². The summed E-state index contributed by atoms with van der Waals surface area (Å²) in [6, 6.07) is 10.1. The molecule has 2 rings (SSSR count). The molecule has 1 N–H and O–H groups in total. The van der Waals surface area contributed by atoms with Crippen LogP contribution in [-0.2, 0) is 0 Å². The fraction of sp³-hybridized carbons (Fsp3) is 0.333. The third-order valence-corrected chi connectivity index (χ3v) is 3.20. The number of benzene rings is 1. The number of aryl methyl sites for hydroxylation is 2. The van der Waals surface area contributed by atoms with Gasteiger partial charge in [-0.05, 0) is 25.3 Å². The average molecular weight is 258 g/mol. The molecule has 0 unspecified atom stereocenters. The molecule has 0 aliphatic carbocycles. The summed E-state index contributed by atoms with van der Waals surface area (Å²) >= 11 is 0. The van der Waals surface area contributed by atoms with E-state index in [1.54, 1.807) is 13.8 Å². The quantitative estimate of drug-likeness (QED) is 0.917. The number of nitrogens with one attached hydrogen (secondary N) is 1. The van der Waals surface area contributed by atoms with Gasteiger partial charge in [0.1, 0.15) is 11.3 Å². The molecule has 0 saturated carbocycles. The van der Waals surface area contributed by atoms with Crippen molar-refractivity contribution in [3.8, 4) is 0 Å². The lowest BCUT2D eigenvalue weighted by molar-refractivity contribution is 0.0949. The van der Waals surface area contributed by atoms with Gasteiger partial charge in [0.15, 0.2) is 0 Å². The van der Waals surface area contributed by atoms with Crippen molar-refractivity contribution in [2.24, 2.45) is 0 Å². The number of carbonyl (C=O) groups excluding carboxylic acids is 1. The molecule has 1 heterocycles. The average Bonchev–Trinajstić information content (AvgIpc) is 2.76. The molecular weight excluding hydrogens is 240 g/mol. The van der Waals surface area contributed by atoms with E-state index in [1.165, 1.54) is 5.56 Å². The minimum absolute atomic E-state index is 0.126. The summed E-state index contributed by atoms with van der Waals surface area (Å²) in [5, 5.41) is 6.71. The van der Waals surface area contributed by atoms with E-state index < -0.39 is 0 Å². The second-order valence-corrected chi connectivity index (χ2v) is 4.72. The van der Waals surface area contributed by atoms with Crippen molar-refractivity contribution in [1.82, 2.24) is 10.5 Å². The van der Waals surface area contributed by atoms with Crippen LogP contribution in [0.15, 0.2) is 34.9 Å². The molecule has 0 aliphatic heterocycles. The third kappa shape index (κ3) is 3.02. The van der Waals surface area contributed by atoms with Crippen molar-refractivity contribution < 1.29 is 9.32 Å². The molecule has 1 amide bonds. The Labute approximate surface area is 112 Å². The minimum atomic E-state index is -0.126. The maximum absolute atomic E-state index is 12.1. The first-order valence-corrected chi connectivity index (χ1v) is 6.35. The molecule has 2 aromatic rings. The van der Waals surface area contributed by atoms with Gasteiger partial charge in [0.2, 0.25) is 0 Å². The summed E-state index contributed by atoms with van der Waals surface area (Å²) in [6.45, 7) is 6.19. The van der Waals surface area contributed by atoms with Gasteiger partial charge in [-0.25, -0.2) is 0 Å². The molecule has 4 nitrogen and oxygen atoms in total. The van der Waals surface area contributed by atoms with Crippen LogP contribution in [0.5, 0.6) is 0 Å². The standard InChI is InChI=1S/C15H18N2O2/c1-10(13-7-5-4-6-8-13)9-16-15(18)14-11(2)17-19-12(14)3/h4-8,10H,9H2,1-3H3,(H,16,18)/t10-/m0/s1. The molecule has 4 heteroatoms. The van der Waals surface area contributed by atoms with Crippen LogP contribution < -0.4 is 5.32 Å². The Balaban J connectivity index is 1.98. The summed E-state index contributed by atoms with van der Waals surface area (Å²) in [4.78, 5) is 12.1. The predicted molar refractivity (Wildman–Crippen MR) is 73.2 cm³/mol. The topological polar surface area (TPSA) is 55.1 Å². The molecule has 0 saturated heterocycles. The lowest BCUT2D eigenvalue weighted by Crippen LogP contribution is -2.28. The van der Waals surface area contributed by atoms with E-state index in [9.17, 15) is 4.79 Å². The molecule has 0 bridgehead atoms. The van der Waals surface area contributed by atoms with Crippen LogP contribution in [0, 0.1) is 13.8 Å². The van der Waals surface area contributed by atoms with Gasteiger partial charge in [-0.2, -0.15) is 0 Å². The molecule has 1 aromatic heterocycles. The Morgan fingerprint density at radius 3 is 2.58 bits per heavy atom. The second-order valence-electron chi connectivity index (χ2n) is 4.72. The van der Waals surface area contributed by atoms with Crippen LogP contribution in [0.25, 0.3) is 0 Å². The number of rotatable bonds is 4. The maximum atomic E-state index is 12.1. The highest BCUT2D eigenvalue weighted by Crippen LogP contribution is 2.15. The highest BCUT2D eigenvalue weighted by molar-refractivity contribution is 5.96. The van der Waals surface area contributed by atoms with Gasteiger partial charge >= 0.3 is 0 Å². The molecule has 1 aromatic carbocycles. The van der Waals surface area contributed by atoms with Crippen LogP contribution in [0.4, 0.5) is 0 Å². The molecule has 0 spiro atoms. The van der Waals surface area contributed by atoms with Gasteiger partial charge in [-0.3, -0.25) is 4.79 Å². The number of hydrogen-bond acceptors (Lipinski definition) is 3. The zero-order valence-electron chi connectivity index (χ0n) is 11.4. The fourth-order valence-corrected chi connectivity index (χ4v) is 2.04. The van der Waals surface area contributed by atoms with E-state index in [0.717, 1.165) is 0 Å². The smallest absolute Gasteiger partial charge is 0.256 e. The van der Waals surface area contributed by atoms with Crippen LogP contribution in [-0.4, -0.2) is 17.6 Å². The van der Waals surface area contributed by atoms with Gasteiger partial charge in [0, 0.05) is 6.54 Å². The minimum Gasteiger partial charge on any atom is -0.361 e. The number of aromatic nitrogens is 1. The number of amides is 1. The van der Waals surface area contributed by atoms with Crippen molar-refractivity contribution >= 4 is 5.91 Å². The van der Waals surface area contributed by atoms with Gasteiger partial charge < -0.3 is 9.84 Å². The molecular formula is C15H18N2O2.